The van der Waals surface area contributed by atoms with Crippen LogP contribution in [0.2, 0.25) is 0 Å². The molecular weight excluding hydrogens is 241 g/mol. The summed E-state index contributed by atoms with van der Waals surface area (Å²) in [6.07, 6.45) is 3.24. The number of aryl methyl sites for hydroxylation is 1. The molecule has 0 fully saturated rings. The average molecular weight is 259 g/mol. The van der Waals surface area contributed by atoms with Gasteiger partial charge in [0.05, 0.1) is 11.9 Å². The molecule has 0 amide bonds. The van der Waals surface area contributed by atoms with Crippen molar-refractivity contribution < 1.29 is 9.50 Å². The van der Waals surface area contributed by atoms with Crippen molar-refractivity contribution in [1.29, 1.82) is 0 Å². The maximum atomic E-state index is 12.9. The van der Waals surface area contributed by atoms with Crippen molar-refractivity contribution in [2.75, 3.05) is 0 Å². The Morgan fingerprint density at radius 1 is 1.16 bits per heavy atom. The van der Waals surface area contributed by atoms with E-state index >= 15 is 0 Å². The van der Waals surface area contributed by atoms with Crippen LogP contribution in [0.5, 0.6) is 0 Å². The van der Waals surface area contributed by atoms with Gasteiger partial charge >= 0.3 is 0 Å². The summed E-state index contributed by atoms with van der Waals surface area (Å²) in [4.78, 5) is 3.96. The Bertz CT molecular complexity index is 532. The van der Waals surface area contributed by atoms with Crippen molar-refractivity contribution in [1.82, 2.24) is 4.98 Å². The lowest BCUT2D eigenvalue weighted by molar-refractivity contribution is 0.0972. The van der Waals surface area contributed by atoms with Crippen molar-refractivity contribution in [3.05, 3.63) is 65.2 Å². The molecule has 1 unspecified atom stereocenters. The highest BCUT2D eigenvalue weighted by Gasteiger charge is 2.26. The predicted octanol–water partition coefficient (Wildman–Crippen LogP) is 3.43. The molecule has 0 saturated carbocycles. The van der Waals surface area contributed by atoms with Crippen LogP contribution in [0.15, 0.2) is 42.6 Å². The smallest absolute Gasteiger partial charge is 0.141 e. The molecule has 3 heteroatoms. The van der Waals surface area contributed by atoms with Crippen molar-refractivity contribution in [3.8, 4) is 0 Å². The van der Waals surface area contributed by atoms with Gasteiger partial charge in [-0.05, 0) is 36.6 Å². The molecule has 1 atom stereocenters. The Morgan fingerprint density at radius 3 is 2.37 bits per heavy atom. The summed E-state index contributed by atoms with van der Waals surface area (Å²) >= 11 is 0. The third-order valence-corrected chi connectivity index (χ3v) is 3.28. The molecule has 2 aromatic rings. The maximum absolute atomic E-state index is 12.9. The third kappa shape index (κ3) is 2.99. The highest BCUT2D eigenvalue weighted by atomic mass is 19.1. The molecule has 100 valence electrons. The Balaban J connectivity index is 2.30. The zero-order valence-corrected chi connectivity index (χ0v) is 11.2. The standard InChI is InChI=1S/C16H18FNO/c1-3-4-12-5-7-13(8-6-12)16(2,19)15-10-9-14(17)11-18-15/h5-11,19H,3-4H2,1-2H3. The Morgan fingerprint density at radius 2 is 1.84 bits per heavy atom. The fraction of sp³-hybridized carbons (Fsp3) is 0.312. The van der Waals surface area contributed by atoms with Gasteiger partial charge in [0.25, 0.3) is 0 Å². The van der Waals surface area contributed by atoms with Gasteiger partial charge in [-0.2, -0.15) is 0 Å². The first-order chi connectivity index (χ1) is 9.04. The van der Waals surface area contributed by atoms with E-state index < -0.39 is 11.4 Å². The van der Waals surface area contributed by atoms with Crippen LogP contribution < -0.4 is 0 Å². The van der Waals surface area contributed by atoms with E-state index in [0.29, 0.717) is 5.69 Å². The molecule has 19 heavy (non-hydrogen) atoms. The normalized spacial score (nSPS) is 14.1. The molecule has 0 bridgehead atoms. The van der Waals surface area contributed by atoms with Gasteiger partial charge in [0, 0.05) is 0 Å². The molecule has 2 nitrogen and oxygen atoms in total. The van der Waals surface area contributed by atoms with E-state index in [4.69, 9.17) is 0 Å². The van der Waals surface area contributed by atoms with Crippen molar-refractivity contribution in [2.45, 2.75) is 32.3 Å². The van der Waals surface area contributed by atoms with Gasteiger partial charge in [0.1, 0.15) is 11.4 Å². The molecule has 0 aliphatic rings. The van der Waals surface area contributed by atoms with E-state index in [2.05, 4.69) is 11.9 Å². The summed E-state index contributed by atoms with van der Waals surface area (Å²) in [5.74, 6) is -0.405. The monoisotopic (exact) mass is 259 g/mol. The molecule has 1 aromatic heterocycles. The first kappa shape index (κ1) is 13.7. The van der Waals surface area contributed by atoms with Crippen molar-refractivity contribution >= 4 is 0 Å². The number of halogens is 1. The topological polar surface area (TPSA) is 33.1 Å². The number of pyridine rings is 1. The summed E-state index contributed by atoms with van der Waals surface area (Å²) in [5.41, 5.74) is 1.23. The highest BCUT2D eigenvalue weighted by Crippen LogP contribution is 2.27. The number of aromatic nitrogens is 1. The molecule has 1 heterocycles. The van der Waals surface area contributed by atoms with Crippen molar-refractivity contribution in [3.63, 3.8) is 0 Å². The molecule has 0 saturated heterocycles. The summed E-state index contributed by atoms with van der Waals surface area (Å²) in [6.45, 7) is 3.80. The minimum absolute atomic E-state index is 0.405. The number of hydrogen-bond donors (Lipinski definition) is 1. The number of benzene rings is 1. The molecule has 0 spiro atoms. The summed E-state index contributed by atoms with van der Waals surface area (Å²) in [5, 5.41) is 10.6. The van der Waals surface area contributed by atoms with E-state index in [1.165, 1.54) is 17.7 Å². The van der Waals surface area contributed by atoms with Crippen LogP contribution >= 0.6 is 0 Å². The Kier molecular flexibility index (Phi) is 3.96. The van der Waals surface area contributed by atoms with Gasteiger partial charge in [0.15, 0.2) is 0 Å². The van der Waals surface area contributed by atoms with Crippen LogP contribution in [0.3, 0.4) is 0 Å². The van der Waals surface area contributed by atoms with Crippen LogP contribution in [0.4, 0.5) is 4.39 Å². The average Bonchev–Trinajstić information content (AvgIpc) is 2.40. The largest absolute Gasteiger partial charge is 0.379 e. The van der Waals surface area contributed by atoms with Gasteiger partial charge in [-0.15, -0.1) is 0 Å². The van der Waals surface area contributed by atoms with Gasteiger partial charge in [0.2, 0.25) is 0 Å². The van der Waals surface area contributed by atoms with E-state index in [9.17, 15) is 9.50 Å². The maximum Gasteiger partial charge on any atom is 0.141 e. The van der Waals surface area contributed by atoms with Gasteiger partial charge in [-0.3, -0.25) is 4.98 Å². The first-order valence-electron chi connectivity index (χ1n) is 6.48. The second-order valence-electron chi connectivity index (χ2n) is 4.88. The predicted molar refractivity (Wildman–Crippen MR) is 73.3 cm³/mol. The van der Waals surface area contributed by atoms with Gasteiger partial charge in [-0.1, -0.05) is 37.6 Å². The lowest BCUT2D eigenvalue weighted by atomic mass is 9.91. The fourth-order valence-corrected chi connectivity index (χ4v) is 2.10. The Labute approximate surface area is 112 Å². The zero-order chi connectivity index (χ0) is 13.9. The van der Waals surface area contributed by atoms with Crippen LogP contribution in [0.1, 0.15) is 37.1 Å². The molecule has 0 aliphatic carbocycles. The van der Waals surface area contributed by atoms with Crippen LogP contribution in [0, 0.1) is 5.82 Å². The quantitative estimate of drug-likeness (QED) is 0.912. The summed E-state index contributed by atoms with van der Waals surface area (Å²) in [6, 6.07) is 10.6. The lowest BCUT2D eigenvalue weighted by Crippen LogP contribution is -2.24. The number of nitrogens with zero attached hydrogens (tertiary/aromatic N) is 1. The van der Waals surface area contributed by atoms with Crippen LogP contribution in [-0.4, -0.2) is 10.1 Å². The van der Waals surface area contributed by atoms with E-state index in [-0.39, 0.29) is 0 Å². The lowest BCUT2D eigenvalue weighted by Gasteiger charge is -2.23. The molecule has 1 N–H and O–H groups in total. The van der Waals surface area contributed by atoms with Crippen LogP contribution in [0.25, 0.3) is 0 Å². The second-order valence-corrected chi connectivity index (χ2v) is 4.88. The molecular formula is C16H18FNO. The minimum atomic E-state index is -1.21. The zero-order valence-electron chi connectivity index (χ0n) is 11.2. The minimum Gasteiger partial charge on any atom is -0.379 e. The summed E-state index contributed by atoms with van der Waals surface area (Å²) < 4.78 is 12.9. The van der Waals surface area contributed by atoms with Gasteiger partial charge in [-0.25, -0.2) is 4.39 Å². The van der Waals surface area contributed by atoms with Crippen molar-refractivity contribution in [2.24, 2.45) is 0 Å². The molecule has 2 rings (SSSR count). The van der Waals surface area contributed by atoms with E-state index in [0.717, 1.165) is 24.6 Å². The SMILES string of the molecule is CCCc1ccc(C(C)(O)c2ccc(F)cn2)cc1. The van der Waals surface area contributed by atoms with Crippen LogP contribution in [-0.2, 0) is 12.0 Å². The van der Waals surface area contributed by atoms with E-state index in [1.807, 2.05) is 24.3 Å². The number of aliphatic hydroxyl groups is 1. The molecule has 0 radical (unpaired) electrons. The third-order valence-electron chi connectivity index (χ3n) is 3.28. The Hall–Kier alpha value is -1.74. The number of rotatable bonds is 4. The fourth-order valence-electron chi connectivity index (χ4n) is 2.10. The summed E-state index contributed by atoms with van der Waals surface area (Å²) in [7, 11) is 0. The van der Waals surface area contributed by atoms with E-state index in [1.54, 1.807) is 6.92 Å². The molecule has 0 aliphatic heterocycles. The number of hydrogen-bond acceptors (Lipinski definition) is 2. The highest BCUT2D eigenvalue weighted by molar-refractivity contribution is 5.33. The van der Waals surface area contributed by atoms with Gasteiger partial charge < -0.3 is 5.11 Å². The second kappa shape index (κ2) is 5.49. The molecule has 1 aromatic carbocycles. The first-order valence-corrected chi connectivity index (χ1v) is 6.48.